The molecule has 1 fully saturated rings. The molecule has 5 heteroatoms. The second kappa shape index (κ2) is 7.39. The van der Waals surface area contributed by atoms with Crippen LogP contribution in [0.1, 0.15) is 34.0 Å². The van der Waals surface area contributed by atoms with Crippen LogP contribution in [-0.2, 0) is 16.8 Å². The molecule has 6 rings (SSSR count). The van der Waals surface area contributed by atoms with Crippen molar-refractivity contribution in [3.63, 3.8) is 0 Å². The number of fused-ring (bicyclic) bond motifs is 4. The van der Waals surface area contributed by atoms with Crippen LogP contribution in [0.25, 0.3) is 21.9 Å². The van der Waals surface area contributed by atoms with Crippen LogP contribution in [0, 0.1) is 0 Å². The average molecular weight is 447 g/mol. The average Bonchev–Trinajstić information content (AvgIpc) is 3.33. The Labute approximate surface area is 197 Å². The lowest BCUT2D eigenvalue weighted by molar-refractivity contribution is -0.130. The molecule has 1 N–H and O–H groups in total. The van der Waals surface area contributed by atoms with Crippen molar-refractivity contribution in [1.29, 1.82) is 0 Å². The summed E-state index contributed by atoms with van der Waals surface area (Å²) in [6, 6.07) is 26.8. The van der Waals surface area contributed by atoms with E-state index in [0.717, 1.165) is 33.2 Å². The fourth-order valence-electron chi connectivity index (χ4n) is 5.07. The standard InChI is InChI=1S/C29H22N2O3/c1-29(23-13-12-18-6-2-3-7-19(18)15-23)27(33)31(28(34)30-29)17-26(32)22-11-10-21-14-20-8-4-5-9-24(20)25(21)16-22/h2-13,15-16H,14,17H2,1H3,(H,30,34). The van der Waals surface area contributed by atoms with E-state index < -0.39 is 17.5 Å². The van der Waals surface area contributed by atoms with Gasteiger partial charge in [-0.3, -0.25) is 14.5 Å². The summed E-state index contributed by atoms with van der Waals surface area (Å²) in [6.07, 6.45) is 0.844. The van der Waals surface area contributed by atoms with Gasteiger partial charge in [-0.15, -0.1) is 0 Å². The Morgan fingerprint density at radius 3 is 2.44 bits per heavy atom. The third-order valence-corrected chi connectivity index (χ3v) is 7.02. The zero-order valence-corrected chi connectivity index (χ0v) is 18.7. The number of nitrogens with one attached hydrogen (secondary N) is 1. The summed E-state index contributed by atoms with van der Waals surface area (Å²) < 4.78 is 0. The second-order valence-electron chi connectivity index (χ2n) is 9.14. The lowest BCUT2D eigenvalue weighted by Crippen LogP contribution is -2.41. The lowest BCUT2D eigenvalue weighted by atomic mass is 9.90. The van der Waals surface area contributed by atoms with Crippen LogP contribution in [0.3, 0.4) is 0 Å². The maximum atomic E-state index is 13.4. The molecule has 1 unspecified atom stereocenters. The van der Waals surface area contributed by atoms with Crippen LogP contribution in [0.15, 0.2) is 84.9 Å². The zero-order valence-electron chi connectivity index (χ0n) is 18.7. The molecule has 4 aromatic carbocycles. The third kappa shape index (κ3) is 3.05. The molecule has 3 amide bonds. The van der Waals surface area contributed by atoms with Gasteiger partial charge in [-0.2, -0.15) is 0 Å². The van der Waals surface area contributed by atoms with E-state index in [1.165, 1.54) is 11.1 Å². The molecule has 0 aromatic heterocycles. The van der Waals surface area contributed by atoms with Crippen molar-refractivity contribution in [3.05, 3.63) is 107 Å². The molecule has 0 spiro atoms. The predicted octanol–water partition coefficient (Wildman–Crippen LogP) is 5.06. The Kier molecular flexibility index (Phi) is 4.42. The van der Waals surface area contributed by atoms with Crippen molar-refractivity contribution in [2.24, 2.45) is 0 Å². The van der Waals surface area contributed by atoms with Gasteiger partial charge in [-0.05, 0) is 64.1 Å². The molecule has 1 aliphatic heterocycles. The first-order valence-electron chi connectivity index (χ1n) is 11.3. The molecule has 0 bridgehead atoms. The van der Waals surface area contributed by atoms with E-state index in [4.69, 9.17) is 0 Å². The summed E-state index contributed by atoms with van der Waals surface area (Å²) in [5, 5.41) is 4.84. The summed E-state index contributed by atoms with van der Waals surface area (Å²) in [6.45, 7) is 1.39. The van der Waals surface area contributed by atoms with E-state index in [9.17, 15) is 14.4 Å². The quantitative estimate of drug-likeness (QED) is 0.310. The molecule has 34 heavy (non-hydrogen) atoms. The van der Waals surface area contributed by atoms with Crippen molar-refractivity contribution >= 4 is 28.5 Å². The summed E-state index contributed by atoms with van der Waals surface area (Å²) in [5.74, 6) is -0.689. The Morgan fingerprint density at radius 1 is 0.853 bits per heavy atom. The molecule has 4 aromatic rings. The molecule has 0 radical (unpaired) electrons. The Balaban J connectivity index is 1.27. The van der Waals surface area contributed by atoms with Gasteiger partial charge in [0.1, 0.15) is 5.54 Å². The highest BCUT2D eigenvalue weighted by Crippen LogP contribution is 2.37. The first-order valence-corrected chi connectivity index (χ1v) is 11.3. The van der Waals surface area contributed by atoms with Crippen molar-refractivity contribution in [2.45, 2.75) is 18.9 Å². The summed E-state index contributed by atoms with van der Waals surface area (Å²) in [4.78, 5) is 40.4. The van der Waals surface area contributed by atoms with E-state index in [1.54, 1.807) is 13.0 Å². The molecule has 1 saturated heterocycles. The monoisotopic (exact) mass is 446 g/mol. The number of ketones is 1. The van der Waals surface area contributed by atoms with Gasteiger partial charge in [0.2, 0.25) is 0 Å². The fraction of sp³-hybridized carbons (Fsp3) is 0.138. The normalized spacial score (nSPS) is 18.7. The largest absolute Gasteiger partial charge is 0.325 e. The van der Waals surface area contributed by atoms with Crippen molar-refractivity contribution in [2.75, 3.05) is 6.54 Å². The number of amides is 3. The first kappa shape index (κ1) is 20.4. The van der Waals surface area contributed by atoms with Gasteiger partial charge in [-0.1, -0.05) is 72.8 Å². The maximum absolute atomic E-state index is 13.4. The van der Waals surface area contributed by atoms with Gasteiger partial charge in [0.15, 0.2) is 5.78 Å². The predicted molar refractivity (Wildman–Crippen MR) is 131 cm³/mol. The Morgan fingerprint density at radius 2 is 1.59 bits per heavy atom. The Bertz CT molecular complexity index is 1520. The third-order valence-electron chi connectivity index (χ3n) is 7.02. The van der Waals surface area contributed by atoms with E-state index in [2.05, 4.69) is 17.4 Å². The van der Waals surface area contributed by atoms with Crippen LogP contribution < -0.4 is 5.32 Å². The van der Waals surface area contributed by atoms with Gasteiger partial charge in [0.05, 0.1) is 6.54 Å². The number of nitrogens with zero attached hydrogens (tertiary/aromatic N) is 1. The van der Waals surface area contributed by atoms with Crippen molar-refractivity contribution in [1.82, 2.24) is 10.2 Å². The number of carbonyl (C=O) groups excluding carboxylic acids is 3. The first-order chi connectivity index (χ1) is 16.4. The molecule has 1 aliphatic carbocycles. The summed E-state index contributed by atoms with van der Waals surface area (Å²) >= 11 is 0. The van der Waals surface area contributed by atoms with Gasteiger partial charge >= 0.3 is 6.03 Å². The molecule has 0 saturated carbocycles. The van der Waals surface area contributed by atoms with Crippen LogP contribution >= 0.6 is 0 Å². The zero-order chi connectivity index (χ0) is 23.4. The molecular formula is C29H22N2O3. The number of benzene rings is 4. The topological polar surface area (TPSA) is 66.5 Å². The van der Waals surface area contributed by atoms with Gasteiger partial charge in [0.25, 0.3) is 5.91 Å². The van der Waals surface area contributed by atoms with Crippen LogP contribution in [0.5, 0.6) is 0 Å². The summed E-state index contributed by atoms with van der Waals surface area (Å²) in [5.41, 5.74) is 4.55. The fourth-order valence-corrected chi connectivity index (χ4v) is 5.07. The minimum Gasteiger partial charge on any atom is -0.319 e. The number of rotatable bonds is 4. The van der Waals surface area contributed by atoms with E-state index in [-0.39, 0.29) is 12.3 Å². The SMILES string of the molecule is CC1(c2ccc3ccccc3c2)NC(=O)N(CC(=O)c2ccc3c(c2)-c2ccccc2C3)C1=O. The lowest BCUT2D eigenvalue weighted by Gasteiger charge is -2.22. The smallest absolute Gasteiger partial charge is 0.319 e. The van der Waals surface area contributed by atoms with Crippen LogP contribution in [-0.4, -0.2) is 29.2 Å². The van der Waals surface area contributed by atoms with Gasteiger partial charge < -0.3 is 5.32 Å². The highest BCUT2D eigenvalue weighted by atomic mass is 16.2. The van der Waals surface area contributed by atoms with E-state index in [1.807, 2.05) is 66.7 Å². The number of hydrogen-bond acceptors (Lipinski definition) is 3. The number of carbonyl (C=O) groups is 3. The number of Topliss-reactive ketones (excluding diaryl/α,β-unsaturated/α-hetero) is 1. The minimum absolute atomic E-state index is 0.265. The van der Waals surface area contributed by atoms with E-state index in [0.29, 0.717) is 11.1 Å². The number of urea groups is 1. The number of hydrogen-bond donors (Lipinski definition) is 1. The second-order valence-corrected chi connectivity index (χ2v) is 9.14. The molecular weight excluding hydrogens is 424 g/mol. The highest BCUT2D eigenvalue weighted by molar-refractivity contribution is 6.11. The van der Waals surface area contributed by atoms with Crippen molar-refractivity contribution in [3.8, 4) is 11.1 Å². The minimum atomic E-state index is -1.22. The maximum Gasteiger partial charge on any atom is 0.325 e. The summed E-state index contributed by atoms with van der Waals surface area (Å²) in [7, 11) is 0. The van der Waals surface area contributed by atoms with Gasteiger partial charge in [0, 0.05) is 5.56 Å². The molecule has 1 atom stereocenters. The highest BCUT2D eigenvalue weighted by Gasteiger charge is 2.49. The van der Waals surface area contributed by atoms with Crippen LogP contribution in [0.2, 0.25) is 0 Å². The number of imide groups is 1. The van der Waals surface area contributed by atoms with Gasteiger partial charge in [-0.25, -0.2) is 4.79 Å². The van der Waals surface area contributed by atoms with E-state index >= 15 is 0 Å². The molecule has 5 nitrogen and oxygen atoms in total. The molecule has 2 aliphatic rings. The van der Waals surface area contributed by atoms with Crippen LogP contribution in [0.4, 0.5) is 4.79 Å². The molecule has 1 heterocycles. The van der Waals surface area contributed by atoms with Crippen molar-refractivity contribution < 1.29 is 14.4 Å². The Hall–Kier alpha value is -4.25. The molecule has 166 valence electrons.